The summed E-state index contributed by atoms with van der Waals surface area (Å²) in [5, 5.41) is 3.47. The molecule has 0 bridgehead atoms. The Morgan fingerprint density at radius 2 is 1.67 bits per heavy atom. The molecule has 0 saturated heterocycles. The number of aromatic nitrogens is 1. The van der Waals surface area contributed by atoms with Crippen LogP contribution < -0.4 is 5.32 Å². The van der Waals surface area contributed by atoms with Gasteiger partial charge in [-0.2, -0.15) is 0 Å². The van der Waals surface area contributed by atoms with E-state index in [1.54, 1.807) is 11.3 Å². The maximum absolute atomic E-state index is 4.28. The van der Waals surface area contributed by atoms with E-state index in [0.29, 0.717) is 0 Å². The smallest absolute Gasteiger partial charge is 0.0797 e. The van der Waals surface area contributed by atoms with Gasteiger partial charge in [-0.05, 0) is 30.2 Å². The first kappa shape index (κ1) is 13.8. The number of rotatable bonds is 5. The van der Waals surface area contributed by atoms with Crippen LogP contribution in [0.1, 0.15) is 10.6 Å². The molecule has 0 aliphatic rings. The van der Waals surface area contributed by atoms with Crippen LogP contribution >= 0.6 is 11.3 Å². The third-order valence-electron chi connectivity index (χ3n) is 3.52. The highest BCUT2D eigenvalue weighted by molar-refractivity contribution is 7.09. The number of hydrogen-bond acceptors (Lipinski definition) is 3. The fraction of sp³-hybridized carbons (Fsp3) is 0.167. The lowest BCUT2D eigenvalue weighted by Gasteiger charge is -2.07. The molecule has 0 spiro atoms. The van der Waals surface area contributed by atoms with Crippen LogP contribution in [-0.2, 0) is 6.42 Å². The Balaban J connectivity index is 1.59. The number of aryl methyl sites for hydroxylation is 1. The van der Waals surface area contributed by atoms with Crippen LogP contribution in [0.2, 0.25) is 0 Å². The normalized spacial score (nSPS) is 10.5. The maximum atomic E-state index is 4.28. The Kier molecular flexibility index (Phi) is 4.31. The number of anilines is 1. The van der Waals surface area contributed by atoms with Crippen LogP contribution in [0.4, 0.5) is 5.69 Å². The lowest BCUT2D eigenvalue weighted by molar-refractivity contribution is 1.02. The molecule has 3 aromatic rings. The summed E-state index contributed by atoms with van der Waals surface area (Å²) in [6, 6.07) is 19.1. The van der Waals surface area contributed by atoms with Gasteiger partial charge in [-0.1, -0.05) is 42.5 Å². The SMILES string of the molecule is Cc1ncsc1CCNc1ccc(-c2ccccc2)cc1. The zero-order valence-electron chi connectivity index (χ0n) is 12.0. The summed E-state index contributed by atoms with van der Waals surface area (Å²) in [6.07, 6.45) is 1.02. The Morgan fingerprint density at radius 1 is 0.952 bits per heavy atom. The molecule has 1 N–H and O–H groups in total. The van der Waals surface area contributed by atoms with Crippen LogP contribution in [0.5, 0.6) is 0 Å². The summed E-state index contributed by atoms with van der Waals surface area (Å²) in [5.41, 5.74) is 6.74. The zero-order chi connectivity index (χ0) is 14.5. The van der Waals surface area contributed by atoms with Crippen molar-refractivity contribution < 1.29 is 0 Å². The Labute approximate surface area is 129 Å². The highest BCUT2D eigenvalue weighted by Crippen LogP contribution is 2.21. The average Bonchev–Trinajstić information content (AvgIpc) is 2.94. The molecule has 3 heteroatoms. The molecule has 0 unspecified atom stereocenters. The summed E-state index contributed by atoms with van der Waals surface area (Å²) in [7, 11) is 0. The Hall–Kier alpha value is -2.13. The molecule has 0 amide bonds. The summed E-state index contributed by atoms with van der Waals surface area (Å²) in [5.74, 6) is 0. The van der Waals surface area contributed by atoms with Crippen molar-refractivity contribution in [2.75, 3.05) is 11.9 Å². The minimum atomic E-state index is 0.938. The fourth-order valence-electron chi connectivity index (χ4n) is 2.30. The lowest BCUT2D eigenvalue weighted by atomic mass is 10.1. The van der Waals surface area contributed by atoms with Crippen molar-refractivity contribution in [3.8, 4) is 11.1 Å². The molecule has 2 nitrogen and oxygen atoms in total. The second-order valence-corrected chi connectivity index (χ2v) is 5.92. The van der Waals surface area contributed by atoms with Crippen LogP contribution in [0.25, 0.3) is 11.1 Å². The van der Waals surface area contributed by atoms with Gasteiger partial charge in [-0.25, -0.2) is 4.98 Å². The topological polar surface area (TPSA) is 24.9 Å². The van der Waals surface area contributed by atoms with Gasteiger partial charge in [0.1, 0.15) is 0 Å². The highest BCUT2D eigenvalue weighted by atomic mass is 32.1. The van der Waals surface area contributed by atoms with Gasteiger partial charge in [-0.15, -0.1) is 11.3 Å². The van der Waals surface area contributed by atoms with Gasteiger partial charge in [0.15, 0.2) is 0 Å². The monoisotopic (exact) mass is 294 g/mol. The van der Waals surface area contributed by atoms with Crippen LogP contribution in [0.15, 0.2) is 60.1 Å². The number of nitrogens with one attached hydrogen (secondary N) is 1. The predicted molar refractivity (Wildman–Crippen MR) is 90.9 cm³/mol. The molecule has 0 saturated carbocycles. The summed E-state index contributed by atoms with van der Waals surface area (Å²) in [6.45, 7) is 3.01. The standard InChI is InChI=1S/C18H18N2S/c1-14-18(21-13-20-14)11-12-19-17-9-7-16(8-10-17)15-5-3-2-4-6-15/h2-10,13,19H,11-12H2,1H3. The minimum Gasteiger partial charge on any atom is -0.385 e. The minimum absolute atomic E-state index is 0.938. The van der Waals surface area contributed by atoms with Crippen molar-refractivity contribution in [1.82, 2.24) is 4.98 Å². The van der Waals surface area contributed by atoms with Gasteiger partial charge in [-0.3, -0.25) is 0 Å². The number of nitrogens with zero attached hydrogens (tertiary/aromatic N) is 1. The van der Waals surface area contributed by atoms with E-state index in [0.717, 1.165) is 24.3 Å². The van der Waals surface area contributed by atoms with Crippen LogP contribution in [-0.4, -0.2) is 11.5 Å². The molecule has 1 aromatic heterocycles. The first-order chi connectivity index (χ1) is 10.3. The molecule has 0 radical (unpaired) electrons. The van der Waals surface area contributed by atoms with Gasteiger partial charge in [0.2, 0.25) is 0 Å². The summed E-state index contributed by atoms with van der Waals surface area (Å²) >= 11 is 1.73. The van der Waals surface area contributed by atoms with E-state index in [1.165, 1.54) is 16.0 Å². The second kappa shape index (κ2) is 6.55. The molecule has 0 atom stereocenters. The van der Waals surface area contributed by atoms with Gasteiger partial charge in [0.25, 0.3) is 0 Å². The van der Waals surface area contributed by atoms with Crippen molar-refractivity contribution >= 4 is 17.0 Å². The largest absolute Gasteiger partial charge is 0.385 e. The maximum Gasteiger partial charge on any atom is 0.0797 e. The van der Waals surface area contributed by atoms with E-state index in [-0.39, 0.29) is 0 Å². The van der Waals surface area contributed by atoms with E-state index in [9.17, 15) is 0 Å². The Morgan fingerprint density at radius 3 is 2.33 bits per heavy atom. The number of hydrogen-bond donors (Lipinski definition) is 1. The number of thiazole rings is 1. The lowest BCUT2D eigenvalue weighted by Crippen LogP contribution is -2.04. The fourth-order valence-corrected chi connectivity index (χ4v) is 3.08. The summed E-state index contributed by atoms with van der Waals surface area (Å²) < 4.78 is 0. The molecule has 21 heavy (non-hydrogen) atoms. The van der Waals surface area contributed by atoms with E-state index < -0.39 is 0 Å². The molecule has 1 heterocycles. The molecular weight excluding hydrogens is 276 g/mol. The predicted octanol–water partition coefficient (Wildman–Crippen LogP) is 4.77. The molecule has 2 aromatic carbocycles. The van der Waals surface area contributed by atoms with Crippen molar-refractivity contribution in [2.45, 2.75) is 13.3 Å². The molecule has 0 aliphatic heterocycles. The van der Waals surface area contributed by atoms with Gasteiger partial charge in [0, 0.05) is 23.5 Å². The zero-order valence-corrected chi connectivity index (χ0v) is 12.9. The molecule has 0 aliphatic carbocycles. The summed E-state index contributed by atoms with van der Waals surface area (Å²) in [4.78, 5) is 5.64. The van der Waals surface area contributed by atoms with Crippen molar-refractivity contribution in [2.24, 2.45) is 0 Å². The third kappa shape index (κ3) is 3.50. The van der Waals surface area contributed by atoms with Crippen LogP contribution in [0, 0.1) is 6.92 Å². The van der Waals surface area contributed by atoms with E-state index in [1.807, 2.05) is 11.6 Å². The Bertz CT molecular complexity index is 687. The number of benzene rings is 2. The first-order valence-corrected chi connectivity index (χ1v) is 7.99. The van der Waals surface area contributed by atoms with Gasteiger partial charge >= 0.3 is 0 Å². The van der Waals surface area contributed by atoms with Gasteiger partial charge in [0.05, 0.1) is 11.2 Å². The van der Waals surface area contributed by atoms with Crippen LogP contribution in [0.3, 0.4) is 0 Å². The molecule has 0 fully saturated rings. The van der Waals surface area contributed by atoms with Crippen molar-refractivity contribution in [3.63, 3.8) is 0 Å². The van der Waals surface area contributed by atoms with Crippen molar-refractivity contribution in [3.05, 3.63) is 70.7 Å². The highest BCUT2D eigenvalue weighted by Gasteiger charge is 2.01. The second-order valence-electron chi connectivity index (χ2n) is 4.98. The van der Waals surface area contributed by atoms with E-state index >= 15 is 0 Å². The molecular formula is C18H18N2S. The first-order valence-electron chi connectivity index (χ1n) is 7.11. The third-order valence-corrected chi connectivity index (χ3v) is 4.51. The molecule has 106 valence electrons. The quantitative estimate of drug-likeness (QED) is 0.733. The van der Waals surface area contributed by atoms with E-state index in [2.05, 4.69) is 65.8 Å². The van der Waals surface area contributed by atoms with Crippen molar-refractivity contribution in [1.29, 1.82) is 0 Å². The van der Waals surface area contributed by atoms with Gasteiger partial charge < -0.3 is 5.32 Å². The van der Waals surface area contributed by atoms with E-state index in [4.69, 9.17) is 0 Å². The average molecular weight is 294 g/mol. The molecule has 3 rings (SSSR count).